The Balaban J connectivity index is 2.38. The molecule has 2 aromatic heterocycles. The quantitative estimate of drug-likeness (QED) is 0.593. The minimum absolute atomic E-state index is 0.206. The van der Waals surface area contributed by atoms with Gasteiger partial charge < -0.3 is 4.52 Å². The van der Waals surface area contributed by atoms with E-state index in [1.165, 1.54) is 0 Å². The van der Waals surface area contributed by atoms with Crippen molar-refractivity contribution in [3.63, 3.8) is 0 Å². The average molecular weight is 219 g/mol. The van der Waals surface area contributed by atoms with Crippen LogP contribution in [0.15, 0.2) is 29.0 Å². The first kappa shape index (κ1) is 10.6. The molecule has 2 rings (SSSR count). The molecule has 2 aromatic rings. The number of hydrazine groups is 1. The maximum Gasteiger partial charge on any atom is 0.335 e. The second kappa shape index (κ2) is 3.90. The topological polar surface area (TPSA) is 89.9 Å². The summed E-state index contributed by atoms with van der Waals surface area (Å²) in [4.78, 5) is 8.12. The molecule has 0 radical (unpaired) electrons. The normalized spacial score (nSPS) is 11.4. The summed E-state index contributed by atoms with van der Waals surface area (Å²) >= 11 is 0. The highest BCUT2D eigenvalue weighted by molar-refractivity contribution is 5.30. The summed E-state index contributed by atoms with van der Waals surface area (Å²) in [6.07, 6.45) is 3.47. The van der Waals surface area contributed by atoms with Crippen molar-refractivity contribution in [2.24, 2.45) is 5.84 Å². The molecule has 84 valence electrons. The maximum absolute atomic E-state index is 5.19. The van der Waals surface area contributed by atoms with Gasteiger partial charge in [0.05, 0.1) is 5.41 Å². The number of anilines is 1. The molecule has 0 saturated carbocycles. The molecule has 0 bridgehead atoms. The first-order valence-corrected chi connectivity index (χ1v) is 4.86. The molecule has 6 nitrogen and oxygen atoms in total. The van der Waals surface area contributed by atoms with Gasteiger partial charge in [-0.05, 0) is 31.5 Å². The molecule has 0 aliphatic heterocycles. The third kappa shape index (κ3) is 1.74. The summed E-state index contributed by atoms with van der Waals surface area (Å²) in [6.45, 7) is 4.01. The summed E-state index contributed by atoms with van der Waals surface area (Å²) in [5.41, 5.74) is 3.03. The van der Waals surface area contributed by atoms with Gasteiger partial charge in [-0.25, -0.2) is 5.84 Å². The van der Waals surface area contributed by atoms with E-state index < -0.39 is 0 Å². The van der Waals surface area contributed by atoms with E-state index in [4.69, 9.17) is 10.4 Å². The lowest BCUT2D eigenvalue weighted by Gasteiger charge is -2.20. The van der Waals surface area contributed by atoms with E-state index >= 15 is 0 Å². The van der Waals surface area contributed by atoms with Crippen LogP contribution in [0, 0.1) is 0 Å². The zero-order valence-corrected chi connectivity index (χ0v) is 9.14. The van der Waals surface area contributed by atoms with Crippen molar-refractivity contribution >= 4 is 6.01 Å². The molecule has 0 aliphatic rings. The summed E-state index contributed by atoms with van der Waals surface area (Å²) in [7, 11) is 0. The van der Waals surface area contributed by atoms with E-state index in [0.29, 0.717) is 5.82 Å². The van der Waals surface area contributed by atoms with Crippen LogP contribution < -0.4 is 11.3 Å². The van der Waals surface area contributed by atoms with Crippen molar-refractivity contribution in [2.45, 2.75) is 19.3 Å². The lowest BCUT2D eigenvalue weighted by molar-refractivity contribution is 0.408. The number of aromatic nitrogens is 3. The largest absolute Gasteiger partial charge is 0.335 e. The van der Waals surface area contributed by atoms with Gasteiger partial charge in [-0.2, -0.15) is 4.98 Å². The molecular weight excluding hydrogens is 206 g/mol. The molecular formula is C10H13N5O. The fourth-order valence-electron chi connectivity index (χ4n) is 1.43. The van der Waals surface area contributed by atoms with Gasteiger partial charge in [-0.3, -0.25) is 10.4 Å². The van der Waals surface area contributed by atoms with Gasteiger partial charge in [-0.15, -0.1) is 0 Å². The first-order chi connectivity index (χ1) is 7.64. The van der Waals surface area contributed by atoms with Crippen molar-refractivity contribution < 1.29 is 4.52 Å². The van der Waals surface area contributed by atoms with Crippen LogP contribution in [-0.4, -0.2) is 15.1 Å². The minimum atomic E-state index is -0.346. The standard InChI is InChI=1S/C10H13N5O/c1-10(2,7-3-5-12-6-4-7)8-13-9(14-11)16-15-8/h3-6H,11H2,1-2H3,(H,13,14,15). The Bertz CT molecular complexity index is 465. The molecule has 0 amide bonds. The Morgan fingerprint density at radius 2 is 2.00 bits per heavy atom. The Morgan fingerprint density at radius 1 is 1.31 bits per heavy atom. The van der Waals surface area contributed by atoms with Crippen LogP contribution in [0.3, 0.4) is 0 Å². The van der Waals surface area contributed by atoms with Crippen molar-refractivity contribution in [1.82, 2.24) is 15.1 Å². The number of nitrogens with two attached hydrogens (primary N) is 1. The zero-order valence-electron chi connectivity index (χ0n) is 9.14. The van der Waals surface area contributed by atoms with Gasteiger partial charge in [0.25, 0.3) is 0 Å². The summed E-state index contributed by atoms with van der Waals surface area (Å²) in [6, 6.07) is 4.05. The van der Waals surface area contributed by atoms with Crippen LogP contribution in [0.1, 0.15) is 25.2 Å². The summed E-state index contributed by atoms with van der Waals surface area (Å²) in [5, 5.41) is 3.89. The highest BCUT2D eigenvalue weighted by atomic mass is 16.5. The lowest BCUT2D eigenvalue weighted by Crippen LogP contribution is -2.21. The number of hydrogen-bond donors (Lipinski definition) is 2. The monoisotopic (exact) mass is 219 g/mol. The number of nitrogen functional groups attached to an aromatic ring is 1. The Morgan fingerprint density at radius 3 is 2.56 bits per heavy atom. The molecule has 0 fully saturated rings. The Kier molecular flexibility index (Phi) is 2.57. The van der Waals surface area contributed by atoms with Gasteiger partial charge in [0.1, 0.15) is 0 Å². The van der Waals surface area contributed by atoms with Gasteiger partial charge in [-0.1, -0.05) is 5.16 Å². The highest BCUT2D eigenvalue weighted by Crippen LogP contribution is 2.29. The SMILES string of the molecule is CC(C)(c1ccncc1)c1noc(NN)n1. The maximum atomic E-state index is 5.19. The van der Waals surface area contributed by atoms with Crippen molar-refractivity contribution in [2.75, 3.05) is 5.43 Å². The van der Waals surface area contributed by atoms with E-state index in [1.807, 2.05) is 26.0 Å². The average Bonchev–Trinajstić information content (AvgIpc) is 2.79. The molecule has 0 atom stereocenters. The van der Waals surface area contributed by atoms with Gasteiger partial charge in [0, 0.05) is 12.4 Å². The van der Waals surface area contributed by atoms with E-state index in [9.17, 15) is 0 Å². The van der Waals surface area contributed by atoms with Crippen molar-refractivity contribution in [3.05, 3.63) is 35.9 Å². The zero-order chi connectivity index (χ0) is 11.6. The van der Waals surface area contributed by atoms with Crippen LogP contribution in [0.5, 0.6) is 0 Å². The van der Waals surface area contributed by atoms with E-state index in [0.717, 1.165) is 5.56 Å². The molecule has 16 heavy (non-hydrogen) atoms. The molecule has 0 unspecified atom stereocenters. The van der Waals surface area contributed by atoms with E-state index in [1.54, 1.807) is 12.4 Å². The number of pyridine rings is 1. The Labute approximate surface area is 92.8 Å². The summed E-state index contributed by atoms with van der Waals surface area (Å²) in [5.74, 6) is 5.76. The second-order valence-corrected chi connectivity index (χ2v) is 3.93. The van der Waals surface area contributed by atoms with Crippen LogP contribution >= 0.6 is 0 Å². The molecule has 6 heteroatoms. The Hall–Kier alpha value is -1.95. The fraction of sp³-hybridized carbons (Fsp3) is 0.300. The van der Waals surface area contributed by atoms with Crippen LogP contribution in [0.2, 0.25) is 0 Å². The third-order valence-electron chi connectivity index (χ3n) is 2.51. The van der Waals surface area contributed by atoms with Crippen molar-refractivity contribution in [1.29, 1.82) is 0 Å². The van der Waals surface area contributed by atoms with Crippen molar-refractivity contribution in [3.8, 4) is 0 Å². The molecule has 0 saturated heterocycles. The molecule has 0 spiro atoms. The van der Waals surface area contributed by atoms with E-state index in [2.05, 4.69) is 20.6 Å². The van der Waals surface area contributed by atoms with E-state index in [-0.39, 0.29) is 11.4 Å². The number of nitrogens with one attached hydrogen (secondary N) is 1. The van der Waals surface area contributed by atoms with Gasteiger partial charge in [0.15, 0.2) is 5.82 Å². The van der Waals surface area contributed by atoms with Crippen LogP contribution in [0.4, 0.5) is 6.01 Å². The van der Waals surface area contributed by atoms with Crippen LogP contribution in [0.25, 0.3) is 0 Å². The minimum Gasteiger partial charge on any atom is -0.314 e. The molecule has 0 aromatic carbocycles. The second-order valence-electron chi connectivity index (χ2n) is 3.93. The fourth-order valence-corrected chi connectivity index (χ4v) is 1.43. The van der Waals surface area contributed by atoms with Gasteiger partial charge >= 0.3 is 6.01 Å². The first-order valence-electron chi connectivity index (χ1n) is 4.86. The third-order valence-corrected chi connectivity index (χ3v) is 2.51. The smallest absolute Gasteiger partial charge is 0.314 e. The van der Waals surface area contributed by atoms with Gasteiger partial charge in [0.2, 0.25) is 0 Å². The van der Waals surface area contributed by atoms with Crippen LogP contribution in [-0.2, 0) is 5.41 Å². The molecule has 0 aliphatic carbocycles. The predicted octanol–water partition coefficient (Wildman–Crippen LogP) is 1.08. The number of hydrogen-bond acceptors (Lipinski definition) is 6. The highest BCUT2D eigenvalue weighted by Gasteiger charge is 2.28. The molecule has 3 N–H and O–H groups in total. The number of nitrogens with zero attached hydrogens (tertiary/aromatic N) is 3. The molecule has 2 heterocycles. The lowest BCUT2D eigenvalue weighted by atomic mass is 9.84. The number of rotatable bonds is 3. The predicted molar refractivity (Wildman–Crippen MR) is 58.5 cm³/mol. The summed E-state index contributed by atoms with van der Waals surface area (Å²) < 4.78 is 4.91.